The van der Waals surface area contributed by atoms with Gasteiger partial charge in [0.25, 0.3) is 0 Å². The van der Waals surface area contributed by atoms with Gasteiger partial charge in [0.2, 0.25) is 0 Å². The van der Waals surface area contributed by atoms with E-state index in [0.717, 1.165) is 11.3 Å². The van der Waals surface area contributed by atoms with Crippen molar-refractivity contribution in [1.82, 2.24) is 9.78 Å². The summed E-state index contributed by atoms with van der Waals surface area (Å²) < 4.78 is 1.57. The van der Waals surface area contributed by atoms with Crippen LogP contribution in [0.25, 0.3) is 0 Å². The molecule has 2 aromatic rings. The highest BCUT2D eigenvalue weighted by molar-refractivity contribution is 6.30. The smallest absolute Gasteiger partial charge is 0.132 e. The second-order valence-electron chi connectivity index (χ2n) is 4.26. The fraction of sp³-hybridized carbons (Fsp3) is 0.308. The third-order valence-electron chi connectivity index (χ3n) is 2.87. The lowest BCUT2D eigenvalue weighted by atomic mass is 10.0. The van der Waals surface area contributed by atoms with Crippen LogP contribution in [0.4, 0.5) is 0 Å². The number of benzene rings is 1. The molecule has 2 rings (SSSR count). The van der Waals surface area contributed by atoms with Crippen molar-refractivity contribution >= 4 is 23.2 Å². The molecule has 0 radical (unpaired) electrons. The van der Waals surface area contributed by atoms with Crippen LogP contribution in [0.5, 0.6) is 0 Å². The number of hydrogen-bond donors (Lipinski definition) is 1. The Bertz CT molecular complexity index is 549. The fourth-order valence-electron chi connectivity index (χ4n) is 1.97. The zero-order valence-electron chi connectivity index (χ0n) is 10.2. The lowest BCUT2D eigenvalue weighted by molar-refractivity contribution is 0.178. The number of rotatable bonds is 3. The van der Waals surface area contributed by atoms with E-state index in [-0.39, 0.29) is 0 Å². The second kappa shape index (κ2) is 5.31. The molecule has 0 aliphatic rings. The number of aliphatic hydroxyl groups excluding tert-OH is 1. The van der Waals surface area contributed by atoms with Gasteiger partial charge in [0.1, 0.15) is 5.15 Å². The molecule has 1 atom stereocenters. The zero-order valence-corrected chi connectivity index (χ0v) is 11.7. The average Bonchev–Trinajstić information content (AvgIpc) is 2.56. The quantitative estimate of drug-likeness (QED) is 0.939. The number of aryl methyl sites for hydroxylation is 2. The van der Waals surface area contributed by atoms with Crippen LogP contribution in [-0.4, -0.2) is 14.9 Å². The Morgan fingerprint density at radius 1 is 1.28 bits per heavy atom. The molecule has 1 unspecified atom stereocenters. The lowest BCUT2D eigenvalue weighted by Crippen LogP contribution is -2.03. The van der Waals surface area contributed by atoms with Crippen molar-refractivity contribution in [3.63, 3.8) is 0 Å². The summed E-state index contributed by atoms with van der Waals surface area (Å²) in [7, 11) is 1.76. The van der Waals surface area contributed by atoms with Gasteiger partial charge in [0.05, 0.1) is 11.8 Å². The lowest BCUT2D eigenvalue weighted by Gasteiger charge is -2.10. The summed E-state index contributed by atoms with van der Waals surface area (Å²) in [6, 6.07) is 7.40. The summed E-state index contributed by atoms with van der Waals surface area (Å²) in [6.07, 6.45) is -0.170. The molecule has 0 aliphatic carbocycles. The van der Waals surface area contributed by atoms with Gasteiger partial charge in [-0.2, -0.15) is 5.10 Å². The maximum atomic E-state index is 10.2. The molecule has 0 amide bonds. The van der Waals surface area contributed by atoms with Crippen LogP contribution in [0, 0.1) is 6.92 Å². The minimum atomic E-state index is -0.660. The van der Waals surface area contributed by atoms with E-state index in [1.807, 2.05) is 19.1 Å². The van der Waals surface area contributed by atoms with Crippen LogP contribution >= 0.6 is 23.2 Å². The number of aliphatic hydroxyl groups is 1. The Morgan fingerprint density at radius 2 is 1.89 bits per heavy atom. The third-order valence-corrected chi connectivity index (χ3v) is 3.57. The number of hydrogen-bond acceptors (Lipinski definition) is 2. The summed E-state index contributed by atoms with van der Waals surface area (Å²) in [6.45, 7) is 1.84. The zero-order chi connectivity index (χ0) is 13.3. The third kappa shape index (κ3) is 2.69. The predicted octanol–water partition coefficient (Wildman–Crippen LogP) is 3.31. The monoisotopic (exact) mass is 284 g/mol. The largest absolute Gasteiger partial charge is 0.388 e. The molecule has 1 aromatic heterocycles. The van der Waals surface area contributed by atoms with Crippen molar-refractivity contribution in [2.24, 2.45) is 7.05 Å². The first kappa shape index (κ1) is 13.4. The van der Waals surface area contributed by atoms with Gasteiger partial charge in [-0.3, -0.25) is 4.68 Å². The molecule has 0 saturated carbocycles. The first-order valence-electron chi connectivity index (χ1n) is 5.60. The van der Waals surface area contributed by atoms with Crippen LogP contribution in [0.2, 0.25) is 10.2 Å². The van der Waals surface area contributed by atoms with Crippen molar-refractivity contribution in [1.29, 1.82) is 0 Å². The summed E-state index contributed by atoms with van der Waals surface area (Å²) >= 11 is 11.9. The SMILES string of the molecule is Cc1nn(C)c(Cl)c1C(O)Cc1ccc(Cl)cc1. The molecule has 5 heteroatoms. The fourth-order valence-corrected chi connectivity index (χ4v) is 2.40. The molecule has 0 aliphatic heterocycles. The average molecular weight is 285 g/mol. The predicted molar refractivity (Wildman–Crippen MR) is 73.1 cm³/mol. The normalized spacial score (nSPS) is 12.7. The first-order valence-corrected chi connectivity index (χ1v) is 6.36. The van der Waals surface area contributed by atoms with E-state index in [2.05, 4.69) is 5.10 Å². The van der Waals surface area contributed by atoms with E-state index in [1.165, 1.54) is 0 Å². The molecule has 3 nitrogen and oxygen atoms in total. The van der Waals surface area contributed by atoms with E-state index in [4.69, 9.17) is 23.2 Å². The van der Waals surface area contributed by atoms with Crippen molar-refractivity contribution in [3.05, 3.63) is 51.3 Å². The maximum Gasteiger partial charge on any atom is 0.132 e. The van der Waals surface area contributed by atoms with E-state index in [0.29, 0.717) is 22.2 Å². The summed E-state index contributed by atoms with van der Waals surface area (Å²) in [4.78, 5) is 0. The van der Waals surface area contributed by atoms with Crippen molar-refractivity contribution in [2.75, 3.05) is 0 Å². The Balaban J connectivity index is 2.21. The van der Waals surface area contributed by atoms with Gasteiger partial charge in [-0.25, -0.2) is 0 Å². The first-order chi connectivity index (χ1) is 8.49. The standard InChI is InChI=1S/C13H14Cl2N2O/c1-8-12(13(15)17(2)16-8)11(18)7-9-3-5-10(14)6-4-9/h3-6,11,18H,7H2,1-2H3. The Morgan fingerprint density at radius 3 is 2.39 bits per heavy atom. The van der Waals surface area contributed by atoms with Gasteiger partial charge in [-0.05, 0) is 24.6 Å². The number of aromatic nitrogens is 2. The molecule has 1 N–H and O–H groups in total. The molecule has 0 spiro atoms. The minimum absolute atomic E-state index is 0.481. The van der Waals surface area contributed by atoms with Crippen LogP contribution < -0.4 is 0 Å². The topological polar surface area (TPSA) is 38.0 Å². The van der Waals surface area contributed by atoms with Gasteiger partial charge in [0, 0.05) is 24.1 Å². The Hall–Kier alpha value is -1.03. The highest BCUT2D eigenvalue weighted by atomic mass is 35.5. The van der Waals surface area contributed by atoms with Crippen LogP contribution in [0.1, 0.15) is 22.9 Å². The number of nitrogens with zero attached hydrogens (tertiary/aromatic N) is 2. The minimum Gasteiger partial charge on any atom is -0.388 e. The highest BCUT2D eigenvalue weighted by Crippen LogP contribution is 2.28. The van der Waals surface area contributed by atoms with Gasteiger partial charge in [-0.1, -0.05) is 35.3 Å². The van der Waals surface area contributed by atoms with Gasteiger partial charge < -0.3 is 5.11 Å². The second-order valence-corrected chi connectivity index (χ2v) is 5.05. The molecular formula is C13H14Cl2N2O. The summed E-state index contributed by atoms with van der Waals surface area (Å²) in [5.74, 6) is 0. The van der Waals surface area contributed by atoms with E-state index < -0.39 is 6.10 Å². The summed E-state index contributed by atoms with van der Waals surface area (Å²) in [5, 5.41) is 15.6. The molecule has 0 fully saturated rings. The molecule has 96 valence electrons. The van der Waals surface area contributed by atoms with Crippen LogP contribution in [0.3, 0.4) is 0 Å². The molecule has 18 heavy (non-hydrogen) atoms. The summed E-state index contributed by atoms with van der Waals surface area (Å²) in [5.41, 5.74) is 2.45. The van der Waals surface area contributed by atoms with Crippen LogP contribution in [-0.2, 0) is 13.5 Å². The molecular weight excluding hydrogens is 271 g/mol. The molecule has 0 bridgehead atoms. The van der Waals surface area contributed by atoms with E-state index in [9.17, 15) is 5.11 Å². The van der Waals surface area contributed by atoms with E-state index in [1.54, 1.807) is 23.9 Å². The molecule has 1 aromatic carbocycles. The van der Waals surface area contributed by atoms with Gasteiger partial charge in [0.15, 0.2) is 0 Å². The van der Waals surface area contributed by atoms with Gasteiger partial charge in [-0.15, -0.1) is 0 Å². The van der Waals surface area contributed by atoms with E-state index >= 15 is 0 Å². The van der Waals surface area contributed by atoms with Crippen molar-refractivity contribution in [2.45, 2.75) is 19.4 Å². The highest BCUT2D eigenvalue weighted by Gasteiger charge is 2.19. The Labute approximate surface area is 116 Å². The maximum absolute atomic E-state index is 10.2. The molecule has 0 saturated heterocycles. The Kier molecular flexibility index (Phi) is 3.95. The molecule has 1 heterocycles. The van der Waals surface area contributed by atoms with Crippen molar-refractivity contribution in [3.8, 4) is 0 Å². The number of halogens is 2. The van der Waals surface area contributed by atoms with Crippen molar-refractivity contribution < 1.29 is 5.11 Å². The van der Waals surface area contributed by atoms with Gasteiger partial charge >= 0.3 is 0 Å². The van der Waals surface area contributed by atoms with Crippen LogP contribution in [0.15, 0.2) is 24.3 Å².